The fourth-order valence-electron chi connectivity index (χ4n) is 2.07. The van der Waals surface area contributed by atoms with E-state index in [0.29, 0.717) is 16.5 Å². The molecule has 5 nitrogen and oxygen atoms in total. The molecule has 1 aromatic heterocycles. The Labute approximate surface area is 136 Å². The van der Waals surface area contributed by atoms with Gasteiger partial charge in [-0.15, -0.1) is 0 Å². The van der Waals surface area contributed by atoms with Crippen molar-refractivity contribution in [1.82, 2.24) is 9.78 Å². The molecule has 1 heterocycles. The van der Waals surface area contributed by atoms with E-state index in [1.807, 2.05) is 0 Å². The van der Waals surface area contributed by atoms with Crippen LogP contribution in [0, 0.1) is 5.82 Å². The van der Waals surface area contributed by atoms with Crippen LogP contribution in [0.4, 0.5) is 4.39 Å². The normalized spacial score (nSPS) is 12.2. The summed E-state index contributed by atoms with van der Waals surface area (Å²) in [6.07, 6.45) is 0. The number of hydrogen-bond donors (Lipinski definition) is 1. The van der Waals surface area contributed by atoms with E-state index in [1.165, 1.54) is 33.7 Å². The average Bonchev–Trinajstić information content (AvgIpc) is 2.94. The standard InChI is InChI=1S/C15H18AsFN2O3/c1-2-22-15(21)14-7-13(10-4-3-5-11(17)6-10)18-19(14)12(8-16)9-20/h3-7,12,20H,2,8-9,16H2,1H3. The molecule has 0 saturated carbocycles. The molecule has 0 bridgehead atoms. The fraction of sp³-hybridized carbons (Fsp3) is 0.333. The number of carbonyl (C=O) groups is 1. The number of aliphatic hydroxyl groups excluding tert-OH is 1. The van der Waals surface area contributed by atoms with Gasteiger partial charge in [0.1, 0.15) is 0 Å². The van der Waals surface area contributed by atoms with Gasteiger partial charge in [0.25, 0.3) is 0 Å². The molecular weight excluding hydrogens is 350 g/mol. The second kappa shape index (κ2) is 7.56. The summed E-state index contributed by atoms with van der Waals surface area (Å²) >= 11 is 1.42. The molecule has 2 atom stereocenters. The predicted molar refractivity (Wildman–Crippen MR) is 83.1 cm³/mol. The summed E-state index contributed by atoms with van der Waals surface area (Å²) in [5.74, 6) is -0.876. The third kappa shape index (κ3) is 3.57. The molecule has 1 aromatic carbocycles. The molecule has 0 amide bonds. The van der Waals surface area contributed by atoms with E-state index in [4.69, 9.17) is 4.74 Å². The predicted octanol–water partition coefficient (Wildman–Crippen LogP) is 1.45. The van der Waals surface area contributed by atoms with Crippen LogP contribution in [0.3, 0.4) is 0 Å². The van der Waals surface area contributed by atoms with Crippen molar-refractivity contribution in [2.24, 2.45) is 0 Å². The molecular formula is C15H18AsFN2O3. The van der Waals surface area contributed by atoms with Crippen molar-refractivity contribution in [2.45, 2.75) is 18.2 Å². The third-order valence-corrected chi connectivity index (χ3v) is 4.31. The first kappa shape index (κ1) is 16.7. The Balaban J connectivity index is 2.49. The van der Waals surface area contributed by atoms with Gasteiger partial charge >= 0.3 is 136 Å². The number of rotatable bonds is 6. The van der Waals surface area contributed by atoms with Crippen molar-refractivity contribution in [3.63, 3.8) is 0 Å². The number of aliphatic hydroxyl groups is 1. The van der Waals surface area contributed by atoms with Gasteiger partial charge in [-0.1, -0.05) is 0 Å². The van der Waals surface area contributed by atoms with Gasteiger partial charge in [-0.25, -0.2) is 0 Å². The molecule has 0 aliphatic rings. The van der Waals surface area contributed by atoms with Gasteiger partial charge in [0.05, 0.1) is 0 Å². The maximum atomic E-state index is 13.4. The molecule has 2 rings (SSSR count). The number of halogens is 1. The van der Waals surface area contributed by atoms with E-state index in [-0.39, 0.29) is 30.8 Å². The summed E-state index contributed by atoms with van der Waals surface area (Å²) in [6, 6.07) is 7.26. The van der Waals surface area contributed by atoms with Crippen LogP contribution in [-0.4, -0.2) is 50.9 Å². The molecule has 118 valence electrons. The van der Waals surface area contributed by atoms with E-state index in [0.717, 1.165) is 0 Å². The topological polar surface area (TPSA) is 64.3 Å². The Morgan fingerprint density at radius 1 is 1.50 bits per heavy atom. The van der Waals surface area contributed by atoms with Crippen LogP contribution in [0.1, 0.15) is 23.5 Å². The first-order valence-electron chi connectivity index (χ1n) is 6.94. The fourth-order valence-corrected chi connectivity index (χ4v) is 2.80. The van der Waals surface area contributed by atoms with E-state index < -0.39 is 5.97 Å². The number of hydrogen-bond acceptors (Lipinski definition) is 4. The number of nitrogens with zero attached hydrogens (tertiary/aromatic N) is 2. The maximum absolute atomic E-state index is 13.4. The Morgan fingerprint density at radius 2 is 2.27 bits per heavy atom. The van der Waals surface area contributed by atoms with Gasteiger partial charge in [-0.3, -0.25) is 0 Å². The Kier molecular flexibility index (Phi) is 5.75. The van der Waals surface area contributed by atoms with Crippen LogP contribution in [0.25, 0.3) is 11.3 Å². The summed E-state index contributed by atoms with van der Waals surface area (Å²) in [6.45, 7) is 1.84. The molecule has 0 aliphatic carbocycles. The van der Waals surface area contributed by atoms with Crippen LogP contribution in [0.2, 0.25) is 5.21 Å². The summed E-state index contributed by atoms with van der Waals surface area (Å²) in [4.78, 5) is 12.1. The molecule has 0 aliphatic heterocycles. The summed E-state index contributed by atoms with van der Waals surface area (Å²) < 4.78 is 19.9. The molecule has 2 unspecified atom stereocenters. The third-order valence-electron chi connectivity index (χ3n) is 3.17. The zero-order valence-electron chi connectivity index (χ0n) is 12.2. The average molecular weight is 368 g/mol. The molecule has 0 spiro atoms. The molecule has 0 fully saturated rings. The molecule has 22 heavy (non-hydrogen) atoms. The second-order valence-corrected chi connectivity index (χ2v) is 5.65. The van der Waals surface area contributed by atoms with Gasteiger partial charge < -0.3 is 0 Å². The number of aromatic nitrogens is 2. The molecule has 1 N–H and O–H groups in total. The molecule has 7 heteroatoms. The minimum atomic E-state index is -0.503. The van der Waals surface area contributed by atoms with E-state index >= 15 is 0 Å². The first-order chi connectivity index (χ1) is 10.6. The van der Waals surface area contributed by atoms with Gasteiger partial charge in [-0.2, -0.15) is 0 Å². The summed E-state index contributed by atoms with van der Waals surface area (Å²) in [5, 5.41) is 14.5. The van der Waals surface area contributed by atoms with E-state index in [9.17, 15) is 14.3 Å². The van der Waals surface area contributed by atoms with E-state index in [2.05, 4.69) is 5.10 Å². The van der Waals surface area contributed by atoms with Crippen LogP contribution in [-0.2, 0) is 4.74 Å². The molecule has 0 saturated heterocycles. The first-order valence-corrected chi connectivity index (χ1v) is 8.65. The van der Waals surface area contributed by atoms with Crippen molar-refractivity contribution in [3.8, 4) is 11.3 Å². The van der Waals surface area contributed by atoms with Gasteiger partial charge in [0.15, 0.2) is 0 Å². The number of ether oxygens (including phenoxy) is 1. The zero-order chi connectivity index (χ0) is 16.1. The second-order valence-electron chi connectivity index (χ2n) is 4.66. The van der Waals surface area contributed by atoms with Crippen LogP contribution in [0.15, 0.2) is 30.3 Å². The van der Waals surface area contributed by atoms with Crippen molar-refractivity contribution < 1.29 is 19.0 Å². The Morgan fingerprint density at radius 3 is 2.86 bits per heavy atom. The SMILES string of the molecule is CCOC(=O)c1cc(-c2cccc(F)c2)nn1C(CO)C[AsH2]. The van der Waals surface area contributed by atoms with Gasteiger partial charge in [0, 0.05) is 0 Å². The number of esters is 1. The van der Waals surface area contributed by atoms with Crippen molar-refractivity contribution >= 4 is 22.8 Å². The van der Waals surface area contributed by atoms with Crippen LogP contribution in [0.5, 0.6) is 0 Å². The number of carbonyl (C=O) groups excluding carboxylic acids is 1. The van der Waals surface area contributed by atoms with Crippen LogP contribution < -0.4 is 0 Å². The summed E-state index contributed by atoms with van der Waals surface area (Å²) in [7, 11) is 0. The molecule has 0 radical (unpaired) electrons. The van der Waals surface area contributed by atoms with Crippen molar-refractivity contribution in [1.29, 1.82) is 0 Å². The quantitative estimate of drug-likeness (QED) is 0.619. The minimum absolute atomic E-state index is 0.130. The van der Waals surface area contributed by atoms with Crippen molar-refractivity contribution in [2.75, 3.05) is 13.2 Å². The summed E-state index contributed by atoms with van der Waals surface area (Å²) in [5.41, 5.74) is 1.31. The van der Waals surface area contributed by atoms with Crippen molar-refractivity contribution in [3.05, 3.63) is 41.8 Å². The Bertz CT molecular complexity index is 656. The molecule has 2 aromatic rings. The zero-order valence-corrected chi connectivity index (χ0v) is 14.6. The number of benzene rings is 1. The van der Waals surface area contributed by atoms with Gasteiger partial charge in [0.2, 0.25) is 0 Å². The van der Waals surface area contributed by atoms with E-state index in [1.54, 1.807) is 25.1 Å². The Hall–Kier alpha value is -1.65. The monoisotopic (exact) mass is 368 g/mol. The van der Waals surface area contributed by atoms with Gasteiger partial charge in [-0.05, 0) is 0 Å². The van der Waals surface area contributed by atoms with Crippen LogP contribution >= 0.6 is 0 Å².